The van der Waals surface area contributed by atoms with Crippen LogP contribution < -0.4 is 5.41 Å². The van der Waals surface area contributed by atoms with E-state index >= 15 is 0 Å². The number of hydrogen-bond donors (Lipinski definition) is 1. The highest BCUT2D eigenvalue weighted by Gasteiger charge is 2.20. The van der Waals surface area contributed by atoms with Gasteiger partial charge in [-0.15, -0.1) is 0 Å². The number of carbonyl (C=O) groups excluding carboxylic acids is 1. The first-order chi connectivity index (χ1) is 5.13. The molecule has 0 unspecified atom stereocenters. The van der Waals surface area contributed by atoms with Gasteiger partial charge in [0.15, 0.2) is 0 Å². The van der Waals surface area contributed by atoms with Gasteiger partial charge in [0.25, 0.3) is 0 Å². The van der Waals surface area contributed by atoms with Crippen LogP contribution in [0.25, 0.3) is 0 Å². The minimum Gasteiger partial charge on any atom is -0.326 e. The van der Waals surface area contributed by atoms with Gasteiger partial charge in [0, 0.05) is 34.1 Å². The minimum atomic E-state index is 0.130. The van der Waals surface area contributed by atoms with Crippen LogP contribution in [-0.4, -0.2) is 49.2 Å². The summed E-state index contributed by atoms with van der Waals surface area (Å²) < 4.78 is 0. The number of amides is 2. The van der Waals surface area contributed by atoms with Gasteiger partial charge in [-0.05, 0) is 0 Å². The van der Waals surface area contributed by atoms with Gasteiger partial charge in [-0.1, -0.05) is 0 Å². The predicted molar refractivity (Wildman–Crippen MR) is 44.3 cm³/mol. The van der Waals surface area contributed by atoms with Gasteiger partial charge in [0.2, 0.25) is 0 Å². The summed E-state index contributed by atoms with van der Waals surface area (Å²) in [5.41, 5.74) is 0. The standard InChI is InChI=1S/C5H10N2O.C2H5N/c1-6-3-4-7(2)5(6)8;1-2-3/h3-4H2,1-2H3;2-3H,1H3/p+1. The Kier molecular flexibility index (Phi) is 4.26. The topological polar surface area (TPSA) is 49.1 Å². The maximum Gasteiger partial charge on any atom is 0.319 e. The molecule has 0 aliphatic carbocycles. The van der Waals surface area contributed by atoms with Crippen LogP contribution in [0.3, 0.4) is 0 Å². The fourth-order valence-corrected chi connectivity index (χ4v) is 0.783. The fraction of sp³-hybridized carbons (Fsp3) is 0.714. The third-order valence-corrected chi connectivity index (χ3v) is 1.42. The Hall–Kier alpha value is -1.06. The molecule has 2 N–H and O–H groups in total. The zero-order valence-electron chi connectivity index (χ0n) is 7.37. The Bertz CT molecular complexity index is 135. The largest absolute Gasteiger partial charge is 0.326 e. The Balaban J connectivity index is 0.000000292. The summed E-state index contributed by atoms with van der Waals surface area (Å²) in [5.74, 6) is 0. The van der Waals surface area contributed by atoms with E-state index in [-0.39, 0.29) is 6.03 Å². The van der Waals surface area contributed by atoms with Crippen LogP contribution in [0.1, 0.15) is 6.92 Å². The second kappa shape index (κ2) is 4.71. The molecule has 0 spiro atoms. The lowest BCUT2D eigenvalue weighted by Gasteiger charge is -2.07. The van der Waals surface area contributed by atoms with Gasteiger partial charge < -0.3 is 9.80 Å². The Morgan fingerprint density at radius 2 is 1.64 bits per heavy atom. The van der Waals surface area contributed by atoms with Crippen molar-refractivity contribution in [3.05, 3.63) is 0 Å². The average Bonchev–Trinajstić information content (AvgIpc) is 2.22. The van der Waals surface area contributed by atoms with E-state index in [1.807, 2.05) is 14.1 Å². The number of nitrogens with two attached hydrogens (primary N) is 1. The highest BCUT2D eigenvalue weighted by molar-refractivity contribution is 5.75. The van der Waals surface area contributed by atoms with Crippen LogP contribution in [-0.2, 0) is 0 Å². The zero-order valence-corrected chi connectivity index (χ0v) is 7.37. The SMILES string of the molecule is CC=[NH2+].CN1CCN(C)C1=O. The second-order valence-electron chi connectivity index (χ2n) is 2.46. The van der Waals surface area contributed by atoms with Gasteiger partial charge in [0.1, 0.15) is 6.21 Å². The first kappa shape index (κ1) is 9.94. The number of carbonyl (C=O) groups is 1. The molecule has 1 aliphatic rings. The molecule has 1 saturated heterocycles. The van der Waals surface area contributed by atoms with Gasteiger partial charge >= 0.3 is 6.03 Å². The number of urea groups is 1. The fourth-order valence-electron chi connectivity index (χ4n) is 0.783. The molecule has 0 saturated carbocycles. The molecule has 4 heteroatoms. The lowest BCUT2D eigenvalue weighted by atomic mass is 10.6. The Morgan fingerprint density at radius 1 is 1.36 bits per heavy atom. The van der Waals surface area contributed by atoms with Crippen LogP contribution in [0, 0.1) is 0 Å². The van der Waals surface area contributed by atoms with Gasteiger partial charge in [0.05, 0.1) is 0 Å². The molecule has 1 aliphatic heterocycles. The van der Waals surface area contributed by atoms with Crippen molar-refractivity contribution in [2.45, 2.75) is 6.92 Å². The van der Waals surface area contributed by atoms with E-state index in [9.17, 15) is 4.79 Å². The molecule has 4 nitrogen and oxygen atoms in total. The van der Waals surface area contributed by atoms with E-state index < -0.39 is 0 Å². The normalized spacial score (nSPS) is 16.1. The number of likely N-dealkylation sites (N-methyl/N-ethyl adjacent to an activating group) is 2. The van der Waals surface area contributed by atoms with E-state index in [2.05, 4.69) is 0 Å². The molecule has 2 amide bonds. The number of nitrogens with zero attached hydrogens (tertiary/aromatic N) is 2. The van der Waals surface area contributed by atoms with E-state index in [1.165, 1.54) is 6.21 Å². The van der Waals surface area contributed by atoms with Crippen molar-refractivity contribution in [3.63, 3.8) is 0 Å². The predicted octanol–water partition coefficient (Wildman–Crippen LogP) is -1.18. The number of hydrogen-bond acceptors (Lipinski definition) is 1. The Labute approximate surface area is 67.3 Å². The summed E-state index contributed by atoms with van der Waals surface area (Å²) in [7, 11) is 3.62. The van der Waals surface area contributed by atoms with Crippen LogP contribution in [0.15, 0.2) is 0 Å². The molecule has 0 bridgehead atoms. The van der Waals surface area contributed by atoms with Gasteiger partial charge in [-0.2, -0.15) is 0 Å². The van der Waals surface area contributed by atoms with Crippen LogP contribution in [0.4, 0.5) is 4.79 Å². The molecule has 0 aromatic rings. The van der Waals surface area contributed by atoms with Gasteiger partial charge in [-0.25, -0.2) is 4.79 Å². The van der Waals surface area contributed by atoms with E-state index in [4.69, 9.17) is 5.41 Å². The van der Waals surface area contributed by atoms with Crippen molar-refractivity contribution < 1.29 is 10.2 Å². The molecule has 0 aromatic heterocycles. The van der Waals surface area contributed by atoms with Gasteiger partial charge in [-0.3, -0.25) is 5.41 Å². The lowest BCUT2D eigenvalue weighted by Crippen LogP contribution is -2.27. The molecule has 11 heavy (non-hydrogen) atoms. The molecule has 0 aromatic carbocycles. The third kappa shape index (κ3) is 3.02. The Morgan fingerprint density at radius 3 is 1.73 bits per heavy atom. The summed E-state index contributed by atoms with van der Waals surface area (Å²) in [4.78, 5) is 14.2. The summed E-state index contributed by atoms with van der Waals surface area (Å²) in [5, 5.41) is 4.72. The summed E-state index contributed by atoms with van der Waals surface area (Å²) in [6, 6.07) is 0.130. The first-order valence-electron chi connectivity index (χ1n) is 3.59. The average molecular weight is 158 g/mol. The van der Waals surface area contributed by atoms with Crippen LogP contribution >= 0.6 is 0 Å². The maximum absolute atomic E-state index is 10.8. The smallest absolute Gasteiger partial charge is 0.319 e. The van der Waals surface area contributed by atoms with E-state index in [1.54, 1.807) is 16.7 Å². The third-order valence-electron chi connectivity index (χ3n) is 1.42. The van der Waals surface area contributed by atoms with E-state index in [0.29, 0.717) is 0 Å². The zero-order chi connectivity index (χ0) is 8.85. The highest BCUT2D eigenvalue weighted by atomic mass is 16.2. The van der Waals surface area contributed by atoms with Crippen molar-refractivity contribution in [3.8, 4) is 0 Å². The van der Waals surface area contributed by atoms with Crippen molar-refractivity contribution in [1.82, 2.24) is 9.80 Å². The summed E-state index contributed by atoms with van der Waals surface area (Å²) >= 11 is 0. The molecule has 1 rings (SSSR count). The molecular formula is C7H16N3O+. The van der Waals surface area contributed by atoms with Crippen molar-refractivity contribution in [1.29, 1.82) is 0 Å². The highest BCUT2D eigenvalue weighted by Crippen LogP contribution is 2.00. The molecular weight excluding hydrogens is 142 g/mol. The minimum absolute atomic E-state index is 0.130. The molecule has 0 atom stereocenters. The van der Waals surface area contributed by atoms with Crippen molar-refractivity contribution in [2.24, 2.45) is 0 Å². The van der Waals surface area contributed by atoms with Crippen molar-refractivity contribution >= 4 is 12.2 Å². The molecule has 64 valence electrons. The quantitative estimate of drug-likeness (QED) is 0.443. The molecule has 0 radical (unpaired) electrons. The summed E-state index contributed by atoms with van der Waals surface area (Å²) in [6.07, 6.45) is 1.50. The number of rotatable bonds is 0. The maximum atomic E-state index is 10.8. The monoisotopic (exact) mass is 158 g/mol. The second-order valence-corrected chi connectivity index (χ2v) is 2.46. The molecule has 1 heterocycles. The van der Waals surface area contributed by atoms with Crippen LogP contribution in [0.5, 0.6) is 0 Å². The van der Waals surface area contributed by atoms with E-state index in [0.717, 1.165) is 13.1 Å². The first-order valence-corrected chi connectivity index (χ1v) is 3.59. The van der Waals surface area contributed by atoms with Crippen LogP contribution in [0.2, 0.25) is 0 Å². The molecule has 1 fully saturated rings. The van der Waals surface area contributed by atoms with Crippen molar-refractivity contribution in [2.75, 3.05) is 27.2 Å². The lowest BCUT2D eigenvalue weighted by molar-refractivity contribution is -0.106. The summed E-state index contributed by atoms with van der Waals surface area (Å²) in [6.45, 7) is 3.52.